The zero-order valence-electron chi connectivity index (χ0n) is 13.3. The van der Waals surface area contributed by atoms with E-state index in [0.29, 0.717) is 6.54 Å². The molecule has 6 nitrogen and oxygen atoms in total. The third-order valence-electron chi connectivity index (χ3n) is 4.47. The van der Waals surface area contributed by atoms with Gasteiger partial charge in [-0.05, 0) is 43.9 Å². The molecule has 1 N–H and O–H groups in total. The third kappa shape index (κ3) is 2.08. The largest absolute Gasteiger partial charge is 0.362 e. The first-order chi connectivity index (χ1) is 11.8. The van der Waals surface area contributed by atoms with Gasteiger partial charge in [0.2, 0.25) is 0 Å². The van der Waals surface area contributed by atoms with Crippen LogP contribution >= 0.6 is 11.3 Å². The van der Waals surface area contributed by atoms with Crippen LogP contribution in [0.4, 0.5) is 5.82 Å². The molecule has 0 aromatic carbocycles. The standard InChI is InChI=1S/C17H16N6S/c1-10-19-16(15-11-5-4-6-12(11)24-17(15)20-10)18-9-14-22-21-13-7-2-3-8-23(13)14/h2-3,7-8H,4-6,9H2,1H3,(H,18,19,20). The van der Waals surface area contributed by atoms with Crippen LogP contribution in [-0.2, 0) is 19.4 Å². The molecule has 120 valence electrons. The van der Waals surface area contributed by atoms with E-state index in [4.69, 9.17) is 0 Å². The van der Waals surface area contributed by atoms with Gasteiger partial charge in [-0.2, -0.15) is 0 Å². The van der Waals surface area contributed by atoms with E-state index in [2.05, 4.69) is 25.5 Å². The predicted octanol–water partition coefficient (Wildman–Crippen LogP) is 3.14. The number of hydrogen-bond acceptors (Lipinski definition) is 6. The van der Waals surface area contributed by atoms with Crippen molar-refractivity contribution in [2.24, 2.45) is 0 Å². The number of thiophene rings is 1. The highest BCUT2D eigenvalue weighted by Crippen LogP contribution is 2.39. The van der Waals surface area contributed by atoms with E-state index in [9.17, 15) is 0 Å². The monoisotopic (exact) mass is 336 g/mol. The number of aromatic nitrogens is 5. The molecule has 0 unspecified atom stereocenters. The lowest BCUT2D eigenvalue weighted by atomic mass is 10.2. The number of pyridine rings is 1. The predicted molar refractivity (Wildman–Crippen MR) is 94.5 cm³/mol. The average molecular weight is 336 g/mol. The number of rotatable bonds is 3. The Hall–Kier alpha value is -2.54. The quantitative estimate of drug-likeness (QED) is 0.622. The fourth-order valence-corrected chi connectivity index (χ4v) is 4.71. The summed E-state index contributed by atoms with van der Waals surface area (Å²) in [6.07, 6.45) is 5.52. The lowest BCUT2D eigenvalue weighted by Gasteiger charge is -2.08. The molecule has 1 aliphatic rings. The lowest BCUT2D eigenvalue weighted by Crippen LogP contribution is -2.07. The Bertz CT molecular complexity index is 1060. The van der Waals surface area contributed by atoms with Crippen LogP contribution in [0, 0.1) is 6.92 Å². The zero-order chi connectivity index (χ0) is 16.1. The minimum atomic E-state index is 0.585. The second-order valence-corrected chi connectivity index (χ2v) is 7.14. The van der Waals surface area contributed by atoms with Crippen molar-refractivity contribution in [1.29, 1.82) is 0 Å². The number of anilines is 1. The van der Waals surface area contributed by atoms with Crippen molar-refractivity contribution in [3.8, 4) is 0 Å². The molecule has 0 saturated carbocycles. The normalized spacial score (nSPS) is 13.7. The molecular formula is C17H16N6S. The van der Waals surface area contributed by atoms with Gasteiger partial charge >= 0.3 is 0 Å². The maximum absolute atomic E-state index is 4.66. The van der Waals surface area contributed by atoms with Crippen molar-refractivity contribution in [2.75, 3.05) is 5.32 Å². The van der Waals surface area contributed by atoms with E-state index in [-0.39, 0.29) is 0 Å². The summed E-state index contributed by atoms with van der Waals surface area (Å²) in [7, 11) is 0. The summed E-state index contributed by atoms with van der Waals surface area (Å²) >= 11 is 1.82. The SMILES string of the molecule is Cc1nc(NCc2nnc3ccccn23)c2c3c(sc2n1)CCC3. The summed E-state index contributed by atoms with van der Waals surface area (Å²) in [5, 5.41) is 13.2. The maximum Gasteiger partial charge on any atom is 0.160 e. The molecule has 24 heavy (non-hydrogen) atoms. The van der Waals surface area contributed by atoms with E-state index in [0.717, 1.165) is 34.4 Å². The molecule has 0 fully saturated rings. The van der Waals surface area contributed by atoms with Gasteiger partial charge in [0.05, 0.1) is 11.9 Å². The van der Waals surface area contributed by atoms with Crippen molar-refractivity contribution in [3.05, 3.63) is 46.5 Å². The summed E-state index contributed by atoms with van der Waals surface area (Å²) in [6.45, 7) is 2.53. The van der Waals surface area contributed by atoms with Crippen molar-refractivity contribution in [3.63, 3.8) is 0 Å². The zero-order valence-corrected chi connectivity index (χ0v) is 14.1. The highest BCUT2D eigenvalue weighted by atomic mass is 32.1. The summed E-state index contributed by atoms with van der Waals surface area (Å²) in [5.41, 5.74) is 2.29. The van der Waals surface area contributed by atoms with Gasteiger partial charge < -0.3 is 5.32 Å². The van der Waals surface area contributed by atoms with Gasteiger partial charge in [0, 0.05) is 11.1 Å². The minimum absolute atomic E-state index is 0.585. The molecule has 0 spiro atoms. The van der Waals surface area contributed by atoms with Crippen LogP contribution in [0.25, 0.3) is 15.9 Å². The second-order valence-electron chi connectivity index (χ2n) is 6.06. The van der Waals surface area contributed by atoms with Crippen molar-refractivity contribution in [1.82, 2.24) is 24.6 Å². The number of aryl methyl sites for hydroxylation is 3. The molecule has 0 bridgehead atoms. The molecular weight excluding hydrogens is 320 g/mol. The van der Waals surface area contributed by atoms with Crippen LogP contribution in [0.15, 0.2) is 24.4 Å². The molecule has 5 rings (SSSR count). The molecule has 0 saturated heterocycles. The fourth-order valence-electron chi connectivity index (χ4n) is 3.40. The Labute approximate surface area is 142 Å². The van der Waals surface area contributed by atoms with Crippen molar-refractivity contribution < 1.29 is 0 Å². The van der Waals surface area contributed by atoms with Crippen LogP contribution in [0.5, 0.6) is 0 Å². The van der Waals surface area contributed by atoms with Crippen LogP contribution < -0.4 is 5.32 Å². The van der Waals surface area contributed by atoms with E-state index in [1.54, 1.807) is 0 Å². The first-order valence-corrected chi connectivity index (χ1v) is 8.92. The summed E-state index contributed by atoms with van der Waals surface area (Å²) in [4.78, 5) is 11.9. The minimum Gasteiger partial charge on any atom is -0.362 e. The Balaban J connectivity index is 1.55. The Morgan fingerprint density at radius 1 is 1.21 bits per heavy atom. The molecule has 0 radical (unpaired) electrons. The Kier molecular flexibility index (Phi) is 3.02. The van der Waals surface area contributed by atoms with Crippen LogP contribution in [0.2, 0.25) is 0 Å². The van der Waals surface area contributed by atoms with Gasteiger partial charge in [0.25, 0.3) is 0 Å². The molecule has 1 aliphatic carbocycles. The molecule has 4 heterocycles. The highest BCUT2D eigenvalue weighted by Gasteiger charge is 2.22. The number of fused-ring (bicyclic) bond motifs is 4. The number of hydrogen-bond donors (Lipinski definition) is 1. The second kappa shape index (κ2) is 5.24. The van der Waals surface area contributed by atoms with Crippen LogP contribution in [0.1, 0.15) is 28.5 Å². The third-order valence-corrected chi connectivity index (χ3v) is 5.66. The van der Waals surface area contributed by atoms with Crippen LogP contribution in [0.3, 0.4) is 0 Å². The van der Waals surface area contributed by atoms with Gasteiger partial charge in [0.1, 0.15) is 16.5 Å². The van der Waals surface area contributed by atoms with Crippen molar-refractivity contribution >= 4 is 33.0 Å². The fraction of sp³-hybridized carbons (Fsp3) is 0.294. The summed E-state index contributed by atoms with van der Waals surface area (Å²) in [6, 6.07) is 5.90. The van der Waals surface area contributed by atoms with Gasteiger partial charge in [-0.25, -0.2) is 9.97 Å². The first-order valence-electron chi connectivity index (χ1n) is 8.11. The van der Waals surface area contributed by atoms with Gasteiger partial charge in [-0.15, -0.1) is 21.5 Å². The summed E-state index contributed by atoms with van der Waals surface area (Å²) < 4.78 is 2.00. The molecule has 4 aromatic heterocycles. The van der Waals surface area contributed by atoms with Gasteiger partial charge in [-0.3, -0.25) is 4.40 Å². The molecule has 0 aliphatic heterocycles. The summed E-state index contributed by atoms with van der Waals surface area (Å²) in [5.74, 6) is 2.60. The van der Waals surface area contributed by atoms with Gasteiger partial charge in [-0.1, -0.05) is 6.07 Å². The number of nitrogens with one attached hydrogen (secondary N) is 1. The Morgan fingerprint density at radius 3 is 3.12 bits per heavy atom. The van der Waals surface area contributed by atoms with E-state index < -0.39 is 0 Å². The maximum atomic E-state index is 4.66. The average Bonchev–Trinajstić information content (AvgIpc) is 3.26. The first kappa shape index (κ1) is 13.9. The molecule has 7 heteroatoms. The van der Waals surface area contributed by atoms with Gasteiger partial charge in [0.15, 0.2) is 11.5 Å². The lowest BCUT2D eigenvalue weighted by molar-refractivity contribution is 0.906. The molecule has 4 aromatic rings. The molecule has 0 amide bonds. The van der Waals surface area contributed by atoms with E-state index >= 15 is 0 Å². The van der Waals surface area contributed by atoms with Crippen molar-refractivity contribution in [2.45, 2.75) is 32.7 Å². The van der Waals surface area contributed by atoms with E-state index in [1.807, 2.05) is 47.1 Å². The topological polar surface area (TPSA) is 68.0 Å². The Morgan fingerprint density at radius 2 is 2.17 bits per heavy atom. The number of nitrogens with zero attached hydrogens (tertiary/aromatic N) is 5. The smallest absolute Gasteiger partial charge is 0.160 e. The molecule has 0 atom stereocenters. The van der Waals surface area contributed by atoms with Crippen LogP contribution in [-0.4, -0.2) is 24.6 Å². The van der Waals surface area contributed by atoms with E-state index in [1.165, 1.54) is 28.7 Å². The highest BCUT2D eigenvalue weighted by molar-refractivity contribution is 7.19.